The number of hydrogen-bond donors (Lipinski definition) is 2. The molecule has 1 amide bonds. The molecular formula is C24H25N3O3S. The average molecular weight is 436 g/mol. The summed E-state index contributed by atoms with van der Waals surface area (Å²) in [7, 11) is -3.69. The number of likely N-dealkylation sites (tertiary alicyclic amines) is 1. The lowest BCUT2D eigenvalue weighted by Gasteiger charge is -2.24. The summed E-state index contributed by atoms with van der Waals surface area (Å²) in [5.74, 6) is -0.0727. The van der Waals surface area contributed by atoms with E-state index in [1.807, 2.05) is 18.2 Å². The molecule has 3 aromatic rings. The zero-order chi connectivity index (χ0) is 21.7. The highest BCUT2D eigenvalue weighted by atomic mass is 32.2. The molecular weight excluding hydrogens is 410 g/mol. The third kappa shape index (κ3) is 5.31. The van der Waals surface area contributed by atoms with Crippen molar-refractivity contribution in [2.45, 2.75) is 30.3 Å². The maximum atomic E-state index is 12.9. The number of nitrogens with one attached hydrogen (secondary N) is 2. The summed E-state index contributed by atoms with van der Waals surface area (Å²) < 4.78 is 27.7. The summed E-state index contributed by atoms with van der Waals surface area (Å²) in [5, 5.41) is 2.95. The fourth-order valence-electron chi connectivity index (χ4n) is 3.83. The van der Waals surface area contributed by atoms with Crippen LogP contribution >= 0.6 is 0 Å². The van der Waals surface area contributed by atoms with Gasteiger partial charge in [-0.05, 0) is 55.3 Å². The number of nitrogens with zero attached hydrogens (tertiary/aromatic N) is 1. The van der Waals surface area contributed by atoms with Gasteiger partial charge in [0.2, 0.25) is 5.91 Å². The van der Waals surface area contributed by atoms with Crippen molar-refractivity contribution in [2.24, 2.45) is 0 Å². The van der Waals surface area contributed by atoms with Crippen LogP contribution < -0.4 is 10.0 Å². The van der Waals surface area contributed by atoms with Gasteiger partial charge in [0.15, 0.2) is 0 Å². The van der Waals surface area contributed by atoms with Gasteiger partial charge < -0.3 is 5.32 Å². The van der Waals surface area contributed by atoms with E-state index in [-0.39, 0.29) is 16.8 Å². The Balaban J connectivity index is 1.43. The Morgan fingerprint density at radius 1 is 0.903 bits per heavy atom. The largest absolute Gasteiger partial charge is 0.325 e. The highest BCUT2D eigenvalue weighted by Gasteiger charge is 2.30. The lowest BCUT2D eigenvalue weighted by molar-refractivity contribution is -0.120. The van der Waals surface area contributed by atoms with Crippen LogP contribution in [0.3, 0.4) is 0 Å². The van der Waals surface area contributed by atoms with Crippen LogP contribution in [0.25, 0.3) is 0 Å². The van der Waals surface area contributed by atoms with Crippen LogP contribution in [0.15, 0.2) is 89.8 Å². The molecule has 160 valence electrons. The van der Waals surface area contributed by atoms with E-state index >= 15 is 0 Å². The molecule has 0 spiro atoms. The van der Waals surface area contributed by atoms with E-state index in [0.29, 0.717) is 11.4 Å². The van der Waals surface area contributed by atoms with Gasteiger partial charge in [0.05, 0.1) is 16.6 Å². The first kappa shape index (κ1) is 21.1. The van der Waals surface area contributed by atoms with E-state index in [0.717, 1.165) is 25.9 Å². The summed E-state index contributed by atoms with van der Waals surface area (Å²) in [4.78, 5) is 15.3. The topological polar surface area (TPSA) is 78.5 Å². The maximum absolute atomic E-state index is 12.9. The van der Waals surface area contributed by atoms with Gasteiger partial charge in [0.1, 0.15) is 0 Å². The molecule has 0 aliphatic carbocycles. The molecule has 1 unspecified atom stereocenters. The first-order valence-electron chi connectivity index (χ1n) is 10.3. The average Bonchev–Trinajstić information content (AvgIpc) is 3.23. The molecule has 31 heavy (non-hydrogen) atoms. The van der Waals surface area contributed by atoms with Crippen LogP contribution in [0.1, 0.15) is 18.4 Å². The number of benzene rings is 3. The monoisotopic (exact) mass is 435 g/mol. The van der Waals surface area contributed by atoms with Crippen LogP contribution in [0.5, 0.6) is 0 Å². The highest BCUT2D eigenvalue weighted by Crippen LogP contribution is 2.23. The summed E-state index contributed by atoms with van der Waals surface area (Å²) in [6.45, 7) is 1.61. The molecule has 1 heterocycles. The molecule has 1 atom stereocenters. The Hall–Kier alpha value is -3.16. The van der Waals surface area contributed by atoms with Crippen molar-refractivity contribution >= 4 is 27.3 Å². The first-order valence-corrected chi connectivity index (χ1v) is 11.8. The van der Waals surface area contributed by atoms with Crippen LogP contribution in [0, 0.1) is 0 Å². The zero-order valence-electron chi connectivity index (χ0n) is 17.1. The fraction of sp³-hybridized carbons (Fsp3) is 0.208. The summed E-state index contributed by atoms with van der Waals surface area (Å²) >= 11 is 0. The number of rotatable bonds is 7. The van der Waals surface area contributed by atoms with Gasteiger partial charge in [-0.2, -0.15) is 0 Å². The second-order valence-electron chi connectivity index (χ2n) is 7.60. The molecule has 4 rings (SSSR count). The first-order chi connectivity index (χ1) is 15.0. The molecule has 7 heteroatoms. The van der Waals surface area contributed by atoms with Gasteiger partial charge in [0, 0.05) is 12.2 Å². The minimum Gasteiger partial charge on any atom is -0.325 e. The van der Waals surface area contributed by atoms with Crippen LogP contribution in [-0.4, -0.2) is 31.8 Å². The van der Waals surface area contributed by atoms with Gasteiger partial charge in [-0.3, -0.25) is 14.4 Å². The summed E-state index contributed by atoms with van der Waals surface area (Å²) in [5.41, 5.74) is 2.14. The Bertz CT molecular complexity index is 1140. The lowest BCUT2D eigenvalue weighted by atomic mass is 10.1. The zero-order valence-corrected chi connectivity index (χ0v) is 17.9. The van der Waals surface area contributed by atoms with Crippen LogP contribution in [0.2, 0.25) is 0 Å². The second kappa shape index (κ2) is 9.32. The highest BCUT2D eigenvalue weighted by molar-refractivity contribution is 7.92. The van der Waals surface area contributed by atoms with Crippen molar-refractivity contribution in [3.63, 3.8) is 0 Å². The number of anilines is 2. The SMILES string of the molecule is O=C(Nc1cccc(NS(=O)(=O)c2ccccc2)c1)C1CCCN1Cc1ccccc1. The van der Waals surface area contributed by atoms with Crippen molar-refractivity contribution < 1.29 is 13.2 Å². The molecule has 1 fully saturated rings. The number of hydrogen-bond acceptors (Lipinski definition) is 4. The number of amides is 1. The number of carbonyl (C=O) groups excluding carboxylic acids is 1. The molecule has 2 N–H and O–H groups in total. The molecule has 0 bridgehead atoms. The van der Waals surface area contributed by atoms with E-state index in [4.69, 9.17) is 0 Å². The molecule has 0 saturated carbocycles. The molecule has 1 saturated heterocycles. The summed E-state index contributed by atoms with van der Waals surface area (Å²) in [6.07, 6.45) is 1.78. The van der Waals surface area contributed by atoms with Crippen LogP contribution in [0.4, 0.5) is 11.4 Å². The van der Waals surface area contributed by atoms with Gasteiger partial charge in [-0.25, -0.2) is 8.42 Å². The third-order valence-electron chi connectivity index (χ3n) is 5.33. The summed E-state index contributed by atoms with van der Waals surface area (Å²) in [6, 6.07) is 24.9. The van der Waals surface area contributed by atoms with E-state index in [1.165, 1.54) is 17.7 Å². The smallest absolute Gasteiger partial charge is 0.261 e. The van der Waals surface area contributed by atoms with E-state index < -0.39 is 10.0 Å². The minimum atomic E-state index is -3.69. The van der Waals surface area contributed by atoms with Crippen molar-refractivity contribution in [1.82, 2.24) is 4.90 Å². The Morgan fingerprint density at radius 2 is 1.58 bits per heavy atom. The van der Waals surface area contributed by atoms with E-state index in [2.05, 4.69) is 27.1 Å². The predicted molar refractivity (Wildman–Crippen MR) is 122 cm³/mol. The molecule has 3 aromatic carbocycles. The standard InChI is InChI=1S/C24H25N3O3S/c28-24(23-15-8-16-27(23)18-19-9-3-1-4-10-19)25-20-11-7-12-21(17-20)26-31(29,30)22-13-5-2-6-14-22/h1-7,9-14,17,23,26H,8,15-16,18H2,(H,25,28). The third-order valence-corrected chi connectivity index (χ3v) is 6.73. The fourth-order valence-corrected chi connectivity index (χ4v) is 4.90. The van der Waals surface area contributed by atoms with E-state index in [9.17, 15) is 13.2 Å². The molecule has 0 radical (unpaired) electrons. The van der Waals surface area contributed by atoms with Crippen molar-refractivity contribution in [3.05, 3.63) is 90.5 Å². The molecule has 0 aromatic heterocycles. The van der Waals surface area contributed by atoms with Gasteiger partial charge in [0.25, 0.3) is 10.0 Å². The van der Waals surface area contributed by atoms with Gasteiger partial charge >= 0.3 is 0 Å². The predicted octanol–water partition coefficient (Wildman–Crippen LogP) is 4.09. The minimum absolute atomic E-state index is 0.0727. The Labute approximate surface area is 183 Å². The van der Waals surface area contributed by atoms with Gasteiger partial charge in [-0.15, -0.1) is 0 Å². The van der Waals surface area contributed by atoms with Gasteiger partial charge in [-0.1, -0.05) is 54.6 Å². The molecule has 1 aliphatic heterocycles. The molecule has 1 aliphatic rings. The Morgan fingerprint density at radius 3 is 2.32 bits per heavy atom. The normalized spacial score (nSPS) is 16.7. The Kier molecular flexibility index (Phi) is 6.34. The van der Waals surface area contributed by atoms with Crippen molar-refractivity contribution in [1.29, 1.82) is 0 Å². The quantitative estimate of drug-likeness (QED) is 0.586. The second-order valence-corrected chi connectivity index (χ2v) is 9.29. The van der Waals surface area contributed by atoms with Crippen molar-refractivity contribution in [3.8, 4) is 0 Å². The lowest BCUT2D eigenvalue weighted by Crippen LogP contribution is -2.39. The maximum Gasteiger partial charge on any atom is 0.261 e. The molecule has 6 nitrogen and oxygen atoms in total. The van der Waals surface area contributed by atoms with Crippen molar-refractivity contribution in [2.75, 3.05) is 16.6 Å². The number of sulfonamides is 1. The van der Waals surface area contributed by atoms with Crippen LogP contribution in [-0.2, 0) is 21.4 Å². The number of carbonyl (C=O) groups is 1. The van der Waals surface area contributed by atoms with E-state index in [1.54, 1.807) is 42.5 Å².